The zero-order valence-electron chi connectivity index (χ0n) is 28.9. The van der Waals surface area contributed by atoms with Gasteiger partial charge in [-0.1, -0.05) is 6.92 Å². The van der Waals surface area contributed by atoms with Crippen molar-refractivity contribution in [3.63, 3.8) is 0 Å². The molecule has 12 nitrogen and oxygen atoms in total. The second kappa shape index (κ2) is 17.0. The van der Waals surface area contributed by atoms with E-state index in [0.717, 1.165) is 22.9 Å². The number of halogens is 1. The van der Waals surface area contributed by atoms with Crippen molar-refractivity contribution in [2.45, 2.75) is 68.1 Å². The van der Waals surface area contributed by atoms with Gasteiger partial charge in [-0.2, -0.15) is 4.31 Å². The minimum Gasteiger partial charge on any atom is -0.497 e. The number of aliphatic hydroxyl groups excluding tert-OH is 1. The normalized spacial score (nSPS) is 20.4. The summed E-state index contributed by atoms with van der Waals surface area (Å²) in [4.78, 5) is 15.8. The van der Waals surface area contributed by atoms with Crippen LogP contribution < -0.4 is 14.2 Å². The predicted molar refractivity (Wildman–Crippen MR) is 187 cm³/mol. The number of sulfonamides is 2. The molecule has 0 aliphatic carbocycles. The van der Waals surface area contributed by atoms with Crippen LogP contribution in [0.4, 0.5) is 10.1 Å². The fraction of sp³-hybridized carbons (Fsp3) is 0.457. The van der Waals surface area contributed by atoms with Crippen molar-refractivity contribution >= 4 is 31.6 Å². The first-order valence-corrected chi connectivity index (χ1v) is 19.3. The number of hydrogen-bond donors (Lipinski definition) is 2. The molecule has 0 saturated carbocycles. The molecule has 0 saturated heterocycles. The molecule has 4 atom stereocenters. The van der Waals surface area contributed by atoms with Crippen LogP contribution in [0.2, 0.25) is 0 Å². The van der Waals surface area contributed by atoms with Crippen molar-refractivity contribution < 1.29 is 45.3 Å². The van der Waals surface area contributed by atoms with Crippen molar-refractivity contribution in [3.8, 4) is 11.5 Å². The van der Waals surface area contributed by atoms with E-state index in [1.807, 2.05) is 13.8 Å². The third-order valence-corrected chi connectivity index (χ3v) is 11.9. The molecule has 3 aromatic rings. The Hall–Kier alpha value is -3.76. The largest absolute Gasteiger partial charge is 0.497 e. The zero-order valence-corrected chi connectivity index (χ0v) is 30.5. The Bertz CT molecular complexity index is 1810. The highest BCUT2D eigenvalue weighted by atomic mass is 32.2. The lowest BCUT2D eigenvalue weighted by Crippen LogP contribution is -2.48. The highest BCUT2D eigenvalue weighted by Gasteiger charge is 2.32. The van der Waals surface area contributed by atoms with Gasteiger partial charge in [-0.05, 0) is 99.8 Å². The predicted octanol–water partition coefficient (Wildman–Crippen LogP) is 4.75. The number of ether oxygens (including phenoxy) is 3. The Morgan fingerprint density at radius 1 is 1.02 bits per heavy atom. The Labute approximate surface area is 294 Å². The molecule has 0 aromatic heterocycles. The molecule has 3 aromatic carbocycles. The van der Waals surface area contributed by atoms with Crippen molar-refractivity contribution in [2.75, 3.05) is 45.2 Å². The second-order valence-electron chi connectivity index (χ2n) is 12.5. The van der Waals surface area contributed by atoms with E-state index < -0.39 is 49.8 Å². The van der Waals surface area contributed by atoms with Gasteiger partial charge >= 0.3 is 0 Å². The molecule has 1 aliphatic heterocycles. The first kappa shape index (κ1) is 39.0. The summed E-state index contributed by atoms with van der Waals surface area (Å²) in [6, 6.07) is 14.2. The molecule has 15 heteroatoms. The van der Waals surface area contributed by atoms with E-state index in [0.29, 0.717) is 25.2 Å². The number of methoxy groups -OCH3 is 1. The van der Waals surface area contributed by atoms with Crippen LogP contribution in [0.15, 0.2) is 76.5 Å². The Kier molecular flexibility index (Phi) is 13.2. The fourth-order valence-electron chi connectivity index (χ4n) is 5.56. The highest BCUT2D eigenvalue weighted by molar-refractivity contribution is 7.92. The Morgan fingerprint density at radius 3 is 2.32 bits per heavy atom. The van der Waals surface area contributed by atoms with Crippen LogP contribution in [0.3, 0.4) is 0 Å². The smallest absolute Gasteiger partial charge is 0.261 e. The van der Waals surface area contributed by atoms with Gasteiger partial charge in [0.1, 0.15) is 17.3 Å². The molecular formula is C35H46FN3O9S2. The van der Waals surface area contributed by atoms with Crippen LogP contribution in [0.5, 0.6) is 11.5 Å². The maximum Gasteiger partial charge on any atom is 0.261 e. The summed E-state index contributed by atoms with van der Waals surface area (Å²) >= 11 is 0. The average molecular weight is 736 g/mol. The van der Waals surface area contributed by atoms with Crippen LogP contribution in [0.1, 0.15) is 50.4 Å². The fourth-order valence-corrected chi connectivity index (χ4v) is 7.79. The number of hydrogen-bond acceptors (Lipinski definition) is 9. The number of aliphatic hydroxyl groups is 1. The number of benzene rings is 3. The number of likely N-dealkylation sites (N-methyl/N-ethyl adjacent to an activating group) is 1. The van der Waals surface area contributed by atoms with Crippen molar-refractivity contribution in [3.05, 3.63) is 78.1 Å². The summed E-state index contributed by atoms with van der Waals surface area (Å²) in [6.07, 6.45) is 1.05. The lowest BCUT2D eigenvalue weighted by Gasteiger charge is -2.35. The molecule has 0 radical (unpaired) electrons. The van der Waals surface area contributed by atoms with Gasteiger partial charge in [0.25, 0.3) is 15.9 Å². The maximum absolute atomic E-state index is 14.4. The SMILES string of the molecule is COc1ccc(S(=O)(=O)Nc2ccc3c(c2)C(=O)N([C@@H](C)CO)C[C@H](C)[C@H](CN(C)S(=O)(=O)c2ccc(F)cc2)OCCCC[C@@H](C)O3)cc1. The zero-order chi connectivity index (χ0) is 36.6. The first-order chi connectivity index (χ1) is 23.7. The van der Waals surface area contributed by atoms with E-state index in [-0.39, 0.29) is 52.6 Å². The molecule has 1 amide bonds. The number of carbonyl (C=O) groups is 1. The number of anilines is 1. The van der Waals surface area contributed by atoms with E-state index in [1.165, 1.54) is 67.6 Å². The molecule has 274 valence electrons. The summed E-state index contributed by atoms with van der Waals surface area (Å²) in [5, 5.41) is 10.2. The van der Waals surface area contributed by atoms with Gasteiger partial charge in [0.05, 0.1) is 47.3 Å². The number of rotatable bonds is 10. The number of nitrogens with zero attached hydrogens (tertiary/aromatic N) is 2. The molecule has 1 aliphatic rings. The number of carbonyl (C=O) groups excluding carboxylic acids is 1. The molecule has 4 rings (SSSR count). The molecule has 50 heavy (non-hydrogen) atoms. The Balaban J connectivity index is 1.67. The van der Waals surface area contributed by atoms with Gasteiger partial charge in [0.15, 0.2) is 0 Å². The molecule has 0 fully saturated rings. The summed E-state index contributed by atoms with van der Waals surface area (Å²) in [7, 11) is -5.13. The van der Waals surface area contributed by atoms with Gasteiger partial charge in [0, 0.05) is 38.3 Å². The van der Waals surface area contributed by atoms with Gasteiger partial charge in [-0.3, -0.25) is 9.52 Å². The Morgan fingerprint density at radius 2 is 1.68 bits per heavy atom. The van der Waals surface area contributed by atoms with E-state index >= 15 is 0 Å². The van der Waals surface area contributed by atoms with Gasteiger partial charge < -0.3 is 24.2 Å². The molecule has 1 heterocycles. The molecule has 2 N–H and O–H groups in total. The minimum atomic E-state index is -4.04. The highest BCUT2D eigenvalue weighted by Crippen LogP contribution is 2.30. The lowest BCUT2D eigenvalue weighted by molar-refractivity contribution is -0.00834. The maximum atomic E-state index is 14.4. The van der Waals surface area contributed by atoms with Crippen LogP contribution in [-0.2, 0) is 24.8 Å². The number of fused-ring (bicyclic) bond motifs is 1. The topological polar surface area (TPSA) is 152 Å². The standard InChI is InChI=1S/C35H46FN3O9S2/c1-24-21-39(25(2)23-40)35(41)32-20-28(37-49(42,43)30-16-12-29(46-5)13-17-30)11-18-33(32)48-26(3)8-6-7-19-47-34(24)22-38(4)50(44,45)31-14-9-27(36)10-15-31/h9-18,20,24-26,34,37,40H,6-8,19,21-23H2,1-5H3/t24-,25-,26+,34-/m0/s1. The molecular weight excluding hydrogens is 690 g/mol. The van der Waals surface area contributed by atoms with Crippen molar-refractivity contribution in [2.24, 2.45) is 5.92 Å². The van der Waals surface area contributed by atoms with E-state index in [1.54, 1.807) is 13.0 Å². The molecule has 0 unspecified atom stereocenters. The van der Waals surface area contributed by atoms with Gasteiger partial charge in [-0.15, -0.1) is 0 Å². The summed E-state index contributed by atoms with van der Waals surface area (Å²) in [6.45, 7) is 5.35. The first-order valence-electron chi connectivity index (χ1n) is 16.4. The number of amides is 1. The molecule has 0 bridgehead atoms. The number of nitrogens with one attached hydrogen (secondary N) is 1. The van der Waals surface area contributed by atoms with Gasteiger partial charge in [0.2, 0.25) is 10.0 Å². The van der Waals surface area contributed by atoms with Crippen LogP contribution in [-0.4, -0.2) is 95.8 Å². The average Bonchev–Trinajstić information content (AvgIpc) is 3.09. The van der Waals surface area contributed by atoms with E-state index in [9.17, 15) is 31.1 Å². The van der Waals surface area contributed by atoms with E-state index in [2.05, 4.69) is 4.72 Å². The third-order valence-electron chi connectivity index (χ3n) is 8.63. The van der Waals surface area contributed by atoms with E-state index in [4.69, 9.17) is 14.2 Å². The van der Waals surface area contributed by atoms with Crippen molar-refractivity contribution in [1.29, 1.82) is 0 Å². The summed E-state index contributed by atoms with van der Waals surface area (Å²) < 4.78 is 88.0. The second-order valence-corrected chi connectivity index (χ2v) is 16.3. The van der Waals surface area contributed by atoms with Crippen LogP contribution >= 0.6 is 0 Å². The van der Waals surface area contributed by atoms with Gasteiger partial charge in [-0.25, -0.2) is 21.2 Å². The molecule has 0 spiro atoms. The van der Waals surface area contributed by atoms with Crippen LogP contribution in [0.25, 0.3) is 0 Å². The summed E-state index contributed by atoms with van der Waals surface area (Å²) in [5.41, 5.74) is 0.216. The minimum absolute atomic E-state index is 0.00334. The quantitative estimate of drug-likeness (QED) is 0.301. The summed E-state index contributed by atoms with van der Waals surface area (Å²) in [5.74, 6) is -0.752. The third kappa shape index (κ3) is 9.72. The van der Waals surface area contributed by atoms with Crippen molar-refractivity contribution in [1.82, 2.24) is 9.21 Å². The monoisotopic (exact) mass is 735 g/mol. The lowest BCUT2D eigenvalue weighted by atomic mass is 10.0. The van der Waals surface area contributed by atoms with Crippen LogP contribution in [0, 0.1) is 11.7 Å².